The lowest BCUT2D eigenvalue weighted by Crippen LogP contribution is -2.17. The summed E-state index contributed by atoms with van der Waals surface area (Å²) in [5, 5.41) is 0. The Labute approximate surface area is 140 Å². The summed E-state index contributed by atoms with van der Waals surface area (Å²) < 4.78 is 7.63. The number of carbonyl (C=O) groups excluding carboxylic acids is 1. The van der Waals surface area contributed by atoms with Gasteiger partial charge in [-0.3, -0.25) is 9.59 Å². The van der Waals surface area contributed by atoms with Crippen molar-refractivity contribution >= 4 is 6.29 Å². The van der Waals surface area contributed by atoms with Gasteiger partial charge in [0.1, 0.15) is 6.10 Å². The maximum Gasteiger partial charge on any atom is 0.224 e. The Morgan fingerprint density at radius 3 is 2.00 bits per heavy atom. The van der Waals surface area contributed by atoms with Gasteiger partial charge in [-0.05, 0) is 11.1 Å². The molecule has 4 heteroatoms. The summed E-state index contributed by atoms with van der Waals surface area (Å²) in [6, 6.07) is 20.7. The first-order valence-corrected chi connectivity index (χ1v) is 7.61. The molecule has 0 N–H and O–H groups in total. The fourth-order valence-electron chi connectivity index (χ4n) is 2.54. The van der Waals surface area contributed by atoms with Crippen molar-refractivity contribution in [2.75, 3.05) is 0 Å². The number of hydrogen-bond donors (Lipinski definition) is 0. The molecule has 1 aromatic heterocycles. The summed E-state index contributed by atoms with van der Waals surface area (Å²) in [4.78, 5) is 23.2. The molecule has 4 nitrogen and oxygen atoms in total. The number of nitrogens with zero attached hydrogens (tertiary/aromatic N) is 1. The molecule has 0 fully saturated rings. The van der Waals surface area contributed by atoms with Gasteiger partial charge < -0.3 is 9.30 Å². The van der Waals surface area contributed by atoms with E-state index >= 15 is 0 Å². The molecule has 0 spiro atoms. The van der Waals surface area contributed by atoms with Gasteiger partial charge in [-0.25, -0.2) is 0 Å². The molecule has 0 aliphatic carbocycles. The van der Waals surface area contributed by atoms with Crippen molar-refractivity contribution in [2.45, 2.75) is 6.10 Å². The summed E-state index contributed by atoms with van der Waals surface area (Å²) in [5.41, 5.74) is 1.89. The smallest absolute Gasteiger partial charge is 0.224 e. The first-order chi connectivity index (χ1) is 11.7. The fraction of sp³-hybridized carbons (Fsp3) is 0.100. The van der Waals surface area contributed by atoms with Gasteiger partial charge in [0, 0.05) is 13.1 Å². The van der Waals surface area contributed by atoms with Crippen molar-refractivity contribution in [3.8, 4) is 5.75 Å². The molecular formula is C20H17NO3. The van der Waals surface area contributed by atoms with Crippen LogP contribution in [0.3, 0.4) is 0 Å². The third-order valence-electron chi connectivity index (χ3n) is 3.81. The lowest BCUT2D eigenvalue weighted by molar-refractivity contribution is 0.111. The highest BCUT2D eigenvalue weighted by atomic mass is 16.5. The molecule has 120 valence electrons. The average Bonchev–Trinajstić information content (AvgIpc) is 2.63. The Kier molecular flexibility index (Phi) is 4.57. The normalized spacial score (nSPS) is 10.6. The second kappa shape index (κ2) is 6.96. The van der Waals surface area contributed by atoms with Gasteiger partial charge in [0.25, 0.3) is 0 Å². The maximum absolute atomic E-state index is 12.3. The predicted molar refractivity (Wildman–Crippen MR) is 92.4 cm³/mol. The number of aromatic nitrogens is 1. The van der Waals surface area contributed by atoms with Crippen LogP contribution < -0.4 is 10.2 Å². The van der Waals surface area contributed by atoms with E-state index in [-0.39, 0.29) is 11.2 Å². The standard InChI is InChI=1S/C20H17NO3/c1-21-13-19(18(23)12-17(21)14-22)24-20(15-8-4-2-5-9-15)16-10-6-3-7-11-16/h2-14,20H,1H3. The monoisotopic (exact) mass is 319 g/mol. The Hall–Kier alpha value is -3.14. The molecule has 0 aliphatic rings. The van der Waals surface area contributed by atoms with Gasteiger partial charge in [0.15, 0.2) is 12.0 Å². The van der Waals surface area contributed by atoms with Gasteiger partial charge in [-0.2, -0.15) is 0 Å². The van der Waals surface area contributed by atoms with E-state index in [1.807, 2.05) is 60.7 Å². The largest absolute Gasteiger partial charge is 0.475 e. The summed E-state index contributed by atoms with van der Waals surface area (Å²) in [7, 11) is 1.70. The number of aldehydes is 1. The molecule has 1 heterocycles. The Bertz CT molecular complexity index is 846. The molecule has 24 heavy (non-hydrogen) atoms. The zero-order chi connectivity index (χ0) is 16.9. The van der Waals surface area contributed by atoms with E-state index < -0.39 is 6.10 Å². The minimum atomic E-state index is -0.401. The number of benzene rings is 2. The average molecular weight is 319 g/mol. The van der Waals surface area contributed by atoms with E-state index in [0.29, 0.717) is 12.0 Å². The highest BCUT2D eigenvalue weighted by Gasteiger charge is 2.17. The van der Waals surface area contributed by atoms with Crippen LogP contribution in [0.2, 0.25) is 0 Å². The van der Waals surface area contributed by atoms with Crippen molar-refractivity contribution in [1.82, 2.24) is 4.57 Å². The van der Waals surface area contributed by atoms with Crippen LogP contribution >= 0.6 is 0 Å². The van der Waals surface area contributed by atoms with Gasteiger partial charge >= 0.3 is 0 Å². The van der Waals surface area contributed by atoms with Crippen LogP contribution in [0.5, 0.6) is 5.75 Å². The minimum Gasteiger partial charge on any atom is -0.475 e. The highest BCUT2D eigenvalue weighted by molar-refractivity contribution is 5.72. The molecule has 2 aromatic carbocycles. The Morgan fingerprint density at radius 2 is 1.50 bits per heavy atom. The molecule has 0 bridgehead atoms. The van der Waals surface area contributed by atoms with E-state index in [4.69, 9.17) is 4.74 Å². The van der Waals surface area contributed by atoms with E-state index in [0.717, 1.165) is 11.1 Å². The zero-order valence-electron chi connectivity index (χ0n) is 13.3. The number of rotatable bonds is 5. The van der Waals surface area contributed by atoms with Crippen molar-refractivity contribution in [3.63, 3.8) is 0 Å². The lowest BCUT2D eigenvalue weighted by Gasteiger charge is -2.20. The zero-order valence-corrected chi connectivity index (χ0v) is 13.3. The quantitative estimate of drug-likeness (QED) is 0.678. The number of ether oxygens (including phenoxy) is 1. The second-order valence-electron chi connectivity index (χ2n) is 5.47. The first-order valence-electron chi connectivity index (χ1n) is 7.61. The van der Waals surface area contributed by atoms with E-state index in [1.54, 1.807) is 17.8 Å². The van der Waals surface area contributed by atoms with Gasteiger partial charge in [-0.15, -0.1) is 0 Å². The van der Waals surface area contributed by atoms with E-state index in [2.05, 4.69) is 0 Å². The molecule has 0 amide bonds. The highest BCUT2D eigenvalue weighted by Crippen LogP contribution is 2.26. The molecule has 0 atom stereocenters. The Morgan fingerprint density at radius 1 is 0.958 bits per heavy atom. The third kappa shape index (κ3) is 3.27. The number of hydrogen-bond acceptors (Lipinski definition) is 3. The van der Waals surface area contributed by atoms with Crippen LogP contribution in [0, 0.1) is 0 Å². The molecule has 0 aliphatic heterocycles. The molecule has 0 unspecified atom stereocenters. The van der Waals surface area contributed by atoms with Gasteiger partial charge in [0.2, 0.25) is 5.43 Å². The van der Waals surface area contributed by atoms with E-state index in [1.165, 1.54) is 6.07 Å². The van der Waals surface area contributed by atoms with Crippen LogP contribution in [0.15, 0.2) is 77.7 Å². The van der Waals surface area contributed by atoms with Gasteiger partial charge in [-0.1, -0.05) is 60.7 Å². The minimum absolute atomic E-state index is 0.209. The summed E-state index contributed by atoms with van der Waals surface area (Å²) in [6.07, 6.45) is 1.80. The summed E-state index contributed by atoms with van der Waals surface area (Å²) in [5.74, 6) is 0.209. The molecular weight excluding hydrogens is 302 g/mol. The van der Waals surface area contributed by atoms with Crippen LogP contribution in [0.1, 0.15) is 27.7 Å². The SMILES string of the molecule is Cn1cc(OC(c2ccccc2)c2ccccc2)c(=O)cc1C=O. The lowest BCUT2D eigenvalue weighted by atomic mass is 10.0. The van der Waals surface area contributed by atoms with Crippen molar-refractivity contribution in [2.24, 2.45) is 7.05 Å². The first kappa shape index (κ1) is 15.7. The van der Waals surface area contributed by atoms with E-state index in [9.17, 15) is 9.59 Å². The number of pyridine rings is 1. The molecule has 3 rings (SSSR count). The van der Waals surface area contributed by atoms with Crippen molar-refractivity contribution in [1.29, 1.82) is 0 Å². The Balaban J connectivity index is 2.04. The number of carbonyl (C=O) groups is 1. The molecule has 0 radical (unpaired) electrons. The van der Waals surface area contributed by atoms with Crippen LogP contribution in [0.4, 0.5) is 0 Å². The third-order valence-corrected chi connectivity index (χ3v) is 3.81. The molecule has 0 saturated carbocycles. The van der Waals surface area contributed by atoms with Crippen molar-refractivity contribution in [3.05, 3.63) is 100.0 Å². The second-order valence-corrected chi connectivity index (χ2v) is 5.47. The summed E-state index contributed by atoms with van der Waals surface area (Å²) >= 11 is 0. The van der Waals surface area contributed by atoms with Crippen LogP contribution in [-0.2, 0) is 7.05 Å². The van der Waals surface area contributed by atoms with Crippen molar-refractivity contribution < 1.29 is 9.53 Å². The predicted octanol–water partition coefficient (Wildman–Crippen LogP) is 3.37. The maximum atomic E-state index is 12.3. The topological polar surface area (TPSA) is 48.3 Å². The molecule has 0 saturated heterocycles. The molecule has 3 aromatic rings. The number of aryl methyl sites for hydroxylation is 1. The van der Waals surface area contributed by atoms with Gasteiger partial charge in [0.05, 0.1) is 11.9 Å². The summed E-state index contributed by atoms with van der Waals surface area (Å²) in [6.45, 7) is 0. The van der Waals surface area contributed by atoms with Crippen LogP contribution in [0.25, 0.3) is 0 Å². The van der Waals surface area contributed by atoms with Crippen LogP contribution in [-0.4, -0.2) is 10.9 Å². The fourth-order valence-corrected chi connectivity index (χ4v) is 2.54.